The van der Waals surface area contributed by atoms with Crippen LogP contribution in [0.15, 0.2) is 42.1 Å². The molecular formula is C18H17N2O2-. The number of aryl methyl sites for hydroxylation is 3. The zero-order chi connectivity index (χ0) is 15.9. The van der Waals surface area contributed by atoms with Crippen molar-refractivity contribution in [2.24, 2.45) is 0 Å². The molecule has 0 radical (unpaired) electrons. The highest BCUT2D eigenvalue weighted by Crippen LogP contribution is 2.31. The van der Waals surface area contributed by atoms with Crippen molar-refractivity contribution < 1.29 is 10.3 Å². The molecule has 0 saturated heterocycles. The van der Waals surface area contributed by atoms with Gasteiger partial charge >= 0.3 is 0 Å². The van der Waals surface area contributed by atoms with E-state index >= 15 is 0 Å². The molecule has 0 saturated carbocycles. The first-order valence-electron chi connectivity index (χ1n) is 7.11. The first-order valence-corrected chi connectivity index (χ1v) is 7.11. The molecule has 1 aliphatic rings. The van der Waals surface area contributed by atoms with Gasteiger partial charge in [0.2, 0.25) is 0 Å². The average Bonchev–Trinajstić information content (AvgIpc) is 2.49. The summed E-state index contributed by atoms with van der Waals surface area (Å²) in [5.74, 6) is -0.215. The summed E-state index contributed by atoms with van der Waals surface area (Å²) in [6.45, 7) is 5.85. The smallest absolute Gasteiger partial charge is 0.0949 e. The molecule has 4 nitrogen and oxygen atoms in total. The van der Waals surface area contributed by atoms with Crippen LogP contribution in [-0.2, 0) is 0 Å². The average molecular weight is 293 g/mol. The van der Waals surface area contributed by atoms with Gasteiger partial charge in [-0.2, -0.15) is 0 Å². The van der Waals surface area contributed by atoms with Crippen LogP contribution in [0.25, 0.3) is 11.8 Å². The number of anilines is 1. The molecule has 1 aromatic heterocycles. The summed E-state index contributed by atoms with van der Waals surface area (Å²) in [5, 5.41) is 23.9. The fourth-order valence-corrected chi connectivity index (χ4v) is 2.43. The van der Waals surface area contributed by atoms with Gasteiger partial charge in [-0.1, -0.05) is 24.0 Å². The van der Waals surface area contributed by atoms with Crippen molar-refractivity contribution in [2.45, 2.75) is 20.8 Å². The fraction of sp³-hybridized carbons (Fsp3) is 0.167. The van der Waals surface area contributed by atoms with Gasteiger partial charge in [-0.3, -0.25) is 10.2 Å². The van der Waals surface area contributed by atoms with E-state index in [-0.39, 0.29) is 11.5 Å². The van der Waals surface area contributed by atoms with E-state index in [1.165, 1.54) is 0 Å². The monoisotopic (exact) mass is 293 g/mol. The van der Waals surface area contributed by atoms with Gasteiger partial charge in [-0.25, -0.2) is 5.06 Å². The zero-order valence-electron chi connectivity index (χ0n) is 12.8. The molecule has 2 aromatic rings. The second kappa shape index (κ2) is 5.31. The van der Waals surface area contributed by atoms with Crippen molar-refractivity contribution >= 4 is 17.5 Å². The number of hydrogen-bond donors (Lipinski definition) is 1. The molecule has 22 heavy (non-hydrogen) atoms. The Balaban J connectivity index is 2.08. The van der Waals surface area contributed by atoms with E-state index in [1.807, 2.05) is 32.9 Å². The molecule has 4 heteroatoms. The second-order valence-corrected chi connectivity index (χ2v) is 5.52. The summed E-state index contributed by atoms with van der Waals surface area (Å²) >= 11 is 0. The number of allylic oxidation sites excluding steroid dienone is 1. The number of nitrogens with zero attached hydrogens (tertiary/aromatic N) is 2. The Morgan fingerprint density at radius 2 is 1.82 bits per heavy atom. The first-order chi connectivity index (χ1) is 10.5. The van der Waals surface area contributed by atoms with Crippen molar-refractivity contribution in [3.05, 3.63) is 70.2 Å². The molecule has 1 N–H and O–H groups in total. The Kier molecular flexibility index (Phi) is 3.47. The fourth-order valence-electron chi connectivity index (χ4n) is 2.43. The van der Waals surface area contributed by atoms with Gasteiger partial charge in [0.05, 0.1) is 17.1 Å². The van der Waals surface area contributed by atoms with Crippen LogP contribution in [0.4, 0.5) is 5.69 Å². The second-order valence-electron chi connectivity index (χ2n) is 5.52. The van der Waals surface area contributed by atoms with Gasteiger partial charge in [0.1, 0.15) is 0 Å². The van der Waals surface area contributed by atoms with Gasteiger partial charge in [-0.15, -0.1) is 0 Å². The van der Waals surface area contributed by atoms with E-state index in [9.17, 15) is 10.3 Å². The predicted molar refractivity (Wildman–Crippen MR) is 85.1 cm³/mol. The Hall–Kier alpha value is -2.59. The third-order valence-electron chi connectivity index (χ3n) is 3.90. The summed E-state index contributed by atoms with van der Waals surface area (Å²) in [5.41, 5.74) is 4.99. The summed E-state index contributed by atoms with van der Waals surface area (Å²) in [4.78, 5) is 4.34. The molecule has 0 spiro atoms. The molecule has 3 rings (SSSR count). The largest absolute Gasteiger partial charge is 0.871 e. The lowest BCUT2D eigenvalue weighted by molar-refractivity contribution is -0.245. The summed E-state index contributed by atoms with van der Waals surface area (Å²) in [7, 11) is 0. The normalized spacial score (nSPS) is 15.7. The number of pyridine rings is 1. The van der Waals surface area contributed by atoms with Crippen LogP contribution in [0.3, 0.4) is 0 Å². The van der Waals surface area contributed by atoms with E-state index < -0.39 is 0 Å². The molecular weight excluding hydrogens is 276 g/mol. The summed E-state index contributed by atoms with van der Waals surface area (Å²) in [6.07, 6.45) is 3.36. The highest BCUT2D eigenvalue weighted by Gasteiger charge is 2.17. The van der Waals surface area contributed by atoms with Crippen molar-refractivity contribution in [3.63, 3.8) is 0 Å². The van der Waals surface area contributed by atoms with E-state index in [4.69, 9.17) is 0 Å². The summed E-state index contributed by atoms with van der Waals surface area (Å²) < 4.78 is 0. The number of benzene rings is 1. The lowest BCUT2D eigenvalue weighted by Gasteiger charge is -2.28. The van der Waals surface area contributed by atoms with Crippen molar-refractivity contribution in [1.29, 1.82) is 0 Å². The molecule has 2 heterocycles. The highest BCUT2D eigenvalue weighted by molar-refractivity contribution is 5.79. The minimum Gasteiger partial charge on any atom is -0.871 e. The van der Waals surface area contributed by atoms with E-state index in [0.717, 1.165) is 21.9 Å². The molecule has 112 valence electrons. The predicted octanol–water partition coefficient (Wildman–Crippen LogP) is 2.96. The number of rotatable bonds is 1. The molecule has 0 unspecified atom stereocenters. The van der Waals surface area contributed by atoms with Gasteiger partial charge in [0.15, 0.2) is 0 Å². The van der Waals surface area contributed by atoms with Crippen LogP contribution < -0.4 is 10.2 Å². The minimum atomic E-state index is -0.215. The van der Waals surface area contributed by atoms with Gasteiger partial charge in [0.25, 0.3) is 0 Å². The first kappa shape index (κ1) is 14.4. The quantitative estimate of drug-likeness (QED) is 0.821. The van der Waals surface area contributed by atoms with E-state index in [2.05, 4.69) is 4.98 Å². The Morgan fingerprint density at radius 3 is 2.55 bits per heavy atom. The molecule has 1 aromatic carbocycles. The van der Waals surface area contributed by atoms with Crippen molar-refractivity contribution in [2.75, 3.05) is 5.06 Å². The lowest BCUT2D eigenvalue weighted by Crippen LogP contribution is -2.24. The van der Waals surface area contributed by atoms with Crippen LogP contribution in [0.5, 0.6) is 0 Å². The van der Waals surface area contributed by atoms with Crippen molar-refractivity contribution in [1.82, 2.24) is 4.98 Å². The van der Waals surface area contributed by atoms with Crippen LogP contribution in [0.1, 0.15) is 28.1 Å². The molecule has 0 bridgehead atoms. The Labute approximate surface area is 129 Å². The summed E-state index contributed by atoms with van der Waals surface area (Å²) in [6, 6.07) is 9.10. The molecule has 0 atom stereocenters. The SMILES string of the molecule is Cc1ccc2c(n1)C=CC(=C([O-])c1ccc(C)c(C)c1)N2O. The maximum absolute atomic E-state index is 12.6. The lowest BCUT2D eigenvalue weighted by atomic mass is 10.0. The van der Waals surface area contributed by atoms with Crippen molar-refractivity contribution in [3.8, 4) is 0 Å². The zero-order valence-corrected chi connectivity index (χ0v) is 12.8. The maximum atomic E-state index is 12.6. The van der Waals surface area contributed by atoms with Gasteiger partial charge in [0, 0.05) is 5.69 Å². The molecule has 0 amide bonds. The van der Waals surface area contributed by atoms with Crippen LogP contribution in [0, 0.1) is 20.8 Å². The van der Waals surface area contributed by atoms with Gasteiger partial charge in [-0.05, 0) is 61.7 Å². The molecule has 0 fully saturated rings. The van der Waals surface area contributed by atoms with E-state index in [1.54, 1.807) is 30.4 Å². The standard InChI is InChI=1S/C18H18N2O2/c1-11-4-6-14(10-12(11)2)18(21)17-9-7-15-16(20(17)22)8-5-13(3)19-15/h4-10,21-22H,1-3H3/p-1. The van der Waals surface area contributed by atoms with Crippen LogP contribution >= 0.6 is 0 Å². The number of hydroxylamine groups is 1. The molecule has 0 aliphatic carbocycles. The van der Waals surface area contributed by atoms with Crippen LogP contribution in [-0.4, -0.2) is 10.2 Å². The molecule has 1 aliphatic heterocycles. The maximum Gasteiger partial charge on any atom is 0.0949 e. The van der Waals surface area contributed by atoms with Crippen LogP contribution in [0.2, 0.25) is 0 Å². The number of fused-ring (bicyclic) bond motifs is 1. The number of hydrogen-bond acceptors (Lipinski definition) is 4. The Morgan fingerprint density at radius 1 is 1.05 bits per heavy atom. The topological polar surface area (TPSA) is 59.4 Å². The minimum absolute atomic E-state index is 0.215. The number of aromatic nitrogens is 1. The Bertz CT molecular complexity index is 807. The van der Waals surface area contributed by atoms with Gasteiger partial charge < -0.3 is 5.11 Å². The highest BCUT2D eigenvalue weighted by atomic mass is 16.5. The third-order valence-corrected chi connectivity index (χ3v) is 3.90. The third kappa shape index (κ3) is 2.38. The van der Waals surface area contributed by atoms with E-state index in [0.29, 0.717) is 16.9 Å².